The Hall–Kier alpha value is -8.92. The number of aromatic nitrogens is 1. The zero-order chi connectivity index (χ0) is 44.3. The number of hydrogen-bond donors (Lipinski definition) is 0. The minimum absolute atomic E-state index is 0.877. The summed E-state index contributed by atoms with van der Waals surface area (Å²) in [6.45, 7) is 0. The lowest BCUT2D eigenvalue weighted by atomic mass is 9.96. The lowest BCUT2D eigenvalue weighted by Gasteiger charge is -2.30. The highest BCUT2D eigenvalue weighted by Gasteiger charge is 2.22. The average molecular weight is 855 g/mol. The summed E-state index contributed by atoms with van der Waals surface area (Å²) < 4.78 is 8.79. The van der Waals surface area contributed by atoms with Crippen LogP contribution in [0.5, 0.6) is 0 Å². The minimum atomic E-state index is 0.877. The number of nitrogens with zero attached hydrogens (tertiary/aromatic N) is 2. The molecule has 0 aliphatic heterocycles. The molecule has 0 N–H and O–H groups in total. The predicted octanol–water partition coefficient (Wildman–Crippen LogP) is 18.0. The first-order valence-corrected chi connectivity index (χ1v) is 22.9. The Bertz CT molecular complexity index is 3930. The van der Waals surface area contributed by atoms with E-state index in [9.17, 15) is 0 Å². The van der Waals surface area contributed by atoms with Gasteiger partial charge in [-0.05, 0) is 123 Å². The van der Waals surface area contributed by atoms with E-state index in [1.165, 1.54) is 43.7 Å². The van der Waals surface area contributed by atoms with Gasteiger partial charge in [0.2, 0.25) is 0 Å². The Kier molecular flexibility index (Phi) is 9.17. The van der Waals surface area contributed by atoms with Crippen LogP contribution < -0.4 is 4.90 Å². The van der Waals surface area contributed by atoms with Crippen molar-refractivity contribution in [1.82, 2.24) is 4.57 Å². The topological polar surface area (TPSA) is 21.3 Å². The second-order valence-corrected chi connectivity index (χ2v) is 17.3. The Morgan fingerprint density at radius 2 is 0.806 bits per heavy atom. The van der Waals surface area contributed by atoms with Gasteiger partial charge in [0.15, 0.2) is 0 Å². The number of benzene rings is 11. The molecule has 0 aliphatic carbocycles. The third-order valence-corrected chi connectivity index (χ3v) is 13.4. The van der Waals surface area contributed by atoms with Crippen LogP contribution in [0.3, 0.4) is 0 Å². The summed E-state index contributed by atoms with van der Waals surface area (Å²) in [5.41, 5.74) is 17.8. The summed E-state index contributed by atoms with van der Waals surface area (Å²) >= 11 is 0. The first-order valence-electron chi connectivity index (χ1n) is 22.9. The zero-order valence-electron chi connectivity index (χ0n) is 36.6. The number of rotatable bonds is 8. The van der Waals surface area contributed by atoms with Crippen molar-refractivity contribution >= 4 is 71.6 Å². The summed E-state index contributed by atoms with van der Waals surface area (Å²) in [6, 6.07) is 92.0. The SMILES string of the molecule is c1cc(-c2ccc(N(c3ccccc3-c3ccc4ccccc4c3)c3ccccc3-c3ccc4c(c3)oc3ccccc34)cc2)cc(-c2ccc(-n3c4ccccc4c4ccccc43)cc2)c1. The van der Waals surface area contributed by atoms with Crippen LogP contribution in [0.15, 0.2) is 259 Å². The smallest absolute Gasteiger partial charge is 0.136 e. The molecule has 0 unspecified atom stereocenters. The number of anilines is 3. The van der Waals surface area contributed by atoms with Crippen molar-refractivity contribution in [2.45, 2.75) is 0 Å². The minimum Gasteiger partial charge on any atom is -0.456 e. The third-order valence-electron chi connectivity index (χ3n) is 13.4. The van der Waals surface area contributed by atoms with Gasteiger partial charge in [0, 0.05) is 44.0 Å². The molecule has 3 nitrogen and oxygen atoms in total. The van der Waals surface area contributed by atoms with Crippen molar-refractivity contribution in [3.8, 4) is 50.2 Å². The van der Waals surface area contributed by atoms with Crippen LogP contribution in [0, 0.1) is 0 Å². The fraction of sp³-hybridized carbons (Fsp3) is 0. The number of para-hydroxylation sites is 5. The molecule has 2 aromatic heterocycles. The van der Waals surface area contributed by atoms with E-state index in [1.54, 1.807) is 0 Å². The number of hydrogen-bond acceptors (Lipinski definition) is 2. The van der Waals surface area contributed by atoms with E-state index in [1.807, 2.05) is 12.1 Å². The maximum atomic E-state index is 6.42. The van der Waals surface area contributed by atoms with E-state index >= 15 is 0 Å². The van der Waals surface area contributed by atoms with Crippen LogP contribution in [0.2, 0.25) is 0 Å². The largest absolute Gasteiger partial charge is 0.456 e. The molecule has 67 heavy (non-hydrogen) atoms. The van der Waals surface area contributed by atoms with Crippen molar-refractivity contribution < 1.29 is 4.42 Å². The highest BCUT2D eigenvalue weighted by atomic mass is 16.3. The molecular formula is C64H42N2O. The quantitative estimate of drug-likeness (QED) is 0.152. The molecule has 0 aliphatic rings. The van der Waals surface area contributed by atoms with Crippen molar-refractivity contribution in [2.24, 2.45) is 0 Å². The van der Waals surface area contributed by atoms with Crippen LogP contribution in [0.1, 0.15) is 0 Å². The van der Waals surface area contributed by atoms with Crippen molar-refractivity contribution in [3.63, 3.8) is 0 Å². The van der Waals surface area contributed by atoms with Gasteiger partial charge in [-0.25, -0.2) is 0 Å². The van der Waals surface area contributed by atoms with Crippen LogP contribution in [0.25, 0.3) is 105 Å². The Labute approximate surface area is 388 Å². The molecule has 0 radical (unpaired) electrons. The van der Waals surface area contributed by atoms with E-state index in [0.29, 0.717) is 0 Å². The van der Waals surface area contributed by atoms with E-state index < -0.39 is 0 Å². The monoisotopic (exact) mass is 854 g/mol. The van der Waals surface area contributed by atoms with E-state index in [-0.39, 0.29) is 0 Å². The van der Waals surface area contributed by atoms with Gasteiger partial charge in [-0.2, -0.15) is 0 Å². The van der Waals surface area contributed by atoms with E-state index in [0.717, 1.165) is 78.1 Å². The average Bonchev–Trinajstić information content (AvgIpc) is 3.95. The van der Waals surface area contributed by atoms with E-state index in [2.05, 4.69) is 252 Å². The van der Waals surface area contributed by atoms with Gasteiger partial charge < -0.3 is 13.9 Å². The molecule has 13 aromatic rings. The molecule has 0 atom stereocenters. The highest BCUT2D eigenvalue weighted by Crippen LogP contribution is 2.46. The first-order chi connectivity index (χ1) is 33.2. The molecule has 0 saturated heterocycles. The summed E-state index contributed by atoms with van der Waals surface area (Å²) in [6.07, 6.45) is 0. The van der Waals surface area contributed by atoms with Crippen LogP contribution in [-0.4, -0.2) is 4.57 Å². The highest BCUT2D eigenvalue weighted by molar-refractivity contribution is 6.09. The molecular weight excluding hydrogens is 813 g/mol. The maximum Gasteiger partial charge on any atom is 0.136 e. The Balaban J connectivity index is 0.895. The predicted molar refractivity (Wildman–Crippen MR) is 282 cm³/mol. The summed E-state index contributed by atoms with van der Waals surface area (Å²) in [7, 11) is 0. The Morgan fingerprint density at radius 1 is 0.299 bits per heavy atom. The van der Waals surface area contributed by atoms with E-state index in [4.69, 9.17) is 4.42 Å². The van der Waals surface area contributed by atoms with Gasteiger partial charge in [0.05, 0.1) is 22.4 Å². The normalized spacial score (nSPS) is 11.6. The fourth-order valence-electron chi connectivity index (χ4n) is 10.2. The van der Waals surface area contributed by atoms with Crippen molar-refractivity contribution in [1.29, 1.82) is 0 Å². The Morgan fingerprint density at radius 3 is 1.49 bits per heavy atom. The first kappa shape index (κ1) is 38.5. The molecule has 0 fully saturated rings. The number of fused-ring (bicyclic) bond motifs is 7. The van der Waals surface area contributed by atoms with Gasteiger partial charge in [0.1, 0.15) is 11.2 Å². The molecule has 314 valence electrons. The van der Waals surface area contributed by atoms with Crippen molar-refractivity contribution in [3.05, 3.63) is 255 Å². The zero-order valence-corrected chi connectivity index (χ0v) is 36.6. The molecule has 3 heteroatoms. The molecule has 0 amide bonds. The molecule has 2 heterocycles. The lowest BCUT2D eigenvalue weighted by molar-refractivity contribution is 0.669. The fourth-order valence-corrected chi connectivity index (χ4v) is 10.2. The molecule has 11 aromatic carbocycles. The standard InChI is InChI=1S/C64H42N2O/c1-2-15-46-41-49(29-28-43(46)14-1)53-18-3-8-23-59(53)65(60-24-9-4-19-54(60)50-34-39-58-57-22-7-12-27-63(57)67-64(58)42-50)51-35-30-44(31-36-51)47-16-13-17-48(40-47)45-32-37-52(38-33-45)66-61-25-10-5-20-55(61)56-21-6-11-26-62(56)66/h1-42H. The lowest BCUT2D eigenvalue weighted by Crippen LogP contribution is -2.12. The van der Waals surface area contributed by atoms with Gasteiger partial charge in [-0.3, -0.25) is 0 Å². The van der Waals surface area contributed by atoms with Crippen LogP contribution in [-0.2, 0) is 0 Å². The van der Waals surface area contributed by atoms with Crippen LogP contribution in [0.4, 0.5) is 17.1 Å². The van der Waals surface area contributed by atoms with Crippen molar-refractivity contribution in [2.75, 3.05) is 4.90 Å². The van der Waals surface area contributed by atoms with Crippen LogP contribution >= 0.6 is 0 Å². The second-order valence-electron chi connectivity index (χ2n) is 17.3. The summed E-state index contributed by atoms with van der Waals surface area (Å²) in [4.78, 5) is 2.42. The molecule has 0 spiro atoms. The maximum absolute atomic E-state index is 6.42. The summed E-state index contributed by atoms with van der Waals surface area (Å²) in [5, 5.41) is 7.22. The van der Waals surface area contributed by atoms with Gasteiger partial charge >= 0.3 is 0 Å². The number of furan rings is 1. The van der Waals surface area contributed by atoms with Gasteiger partial charge in [-0.1, -0.05) is 176 Å². The molecule has 0 saturated carbocycles. The third kappa shape index (κ3) is 6.67. The second kappa shape index (κ2) is 16.0. The van der Waals surface area contributed by atoms with Gasteiger partial charge in [-0.15, -0.1) is 0 Å². The van der Waals surface area contributed by atoms with Gasteiger partial charge in [0.25, 0.3) is 0 Å². The molecule has 0 bridgehead atoms. The molecule has 13 rings (SSSR count). The summed E-state index contributed by atoms with van der Waals surface area (Å²) in [5.74, 6) is 0.